The van der Waals surface area contributed by atoms with E-state index in [1.807, 2.05) is 12.1 Å². The van der Waals surface area contributed by atoms with Gasteiger partial charge in [-0.2, -0.15) is 0 Å². The van der Waals surface area contributed by atoms with Crippen LogP contribution in [0.2, 0.25) is 0 Å². The van der Waals surface area contributed by atoms with E-state index in [-0.39, 0.29) is 11.9 Å². The fraction of sp³-hybridized carbons (Fsp3) is 0.357. The first-order valence-electron chi connectivity index (χ1n) is 11.3. The fourth-order valence-electron chi connectivity index (χ4n) is 4.51. The Morgan fingerprint density at radius 3 is 2.41 bits per heavy atom. The Hall–Kier alpha value is -2.59. The van der Waals surface area contributed by atoms with Crippen molar-refractivity contribution in [2.45, 2.75) is 51.1 Å². The van der Waals surface area contributed by atoms with Gasteiger partial charge in [-0.15, -0.1) is 6.58 Å². The highest BCUT2D eigenvalue weighted by Crippen LogP contribution is 2.36. The summed E-state index contributed by atoms with van der Waals surface area (Å²) in [4.78, 5) is 0. The third kappa shape index (κ3) is 4.75. The van der Waals surface area contributed by atoms with E-state index in [2.05, 4.69) is 6.58 Å². The SMILES string of the molecule is C=CCCC1CCC(c2ccc(-c3ccc(C4=CC=C(C)C(F)C4F)cc3)c(F)c2)OC1. The summed E-state index contributed by atoms with van der Waals surface area (Å²) in [5, 5.41) is 0. The van der Waals surface area contributed by atoms with Gasteiger partial charge in [0.2, 0.25) is 0 Å². The van der Waals surface area contributed by atoms with Crippen molar-refractivity contribution in [3.8, 4) is 11.1 Å². The Bertz CT molecular complexity index is 1010. The molecule has 0 saturated carbocycles. The minimum Gasteiger partial charge on any atom is -0.373 e. The van der Waals surface area contributed by atoms with Crippen molar-refractivity contribution in [2.24, 2.45) is 5.92 Å². The predicted molar refractivity (Wildman–Crippen MR) is 124 cm³/mol. The van der Waals surface area contributed by atoms with E-state index < -0.39 is 12.3 Å². The molecule has 2 aliphatic rings. The van der Waals surface area contributed by atoms with Gasteiger partial charge in [0.15, 0.2) is 12.3 Å². The van der Waals surface area contributed by atoms with Gasteiger partial charge in [0.1, 0.15) is 5.82 Å². The molecule has 0 bridgehead atoms. The second kappa shape index (κ2) is 9.91. The van der Waals surface area contributed by atoms with Gasteiger partial charge in [-0.05, 0) is 72.4 Å². The lowest BCUT2D eigenvalue weighted by atomic mass is 9.89. The summed E-state index contributed by atoms with van der Waals surface area (Å²) >= 11 is 0. The second-order valence-corrected chi connectivity index (χ2v) is 8.78. The van der Waals surface area contributed by atoms with Crippen LogP contribution in [0.4, 0.5) is 13.2 Å². The molecule has 1 saturated heterocycles. The third-order valence-electron chi connectivity index (χ3n) is 6.56. The van der Waals surface area contributed by atoms with Gasteiger partial charge >= 0.3 is 0 Å². The van der Waals surface area contributed by atoms with Crippen LogP contribution in [0, 0.1) is 11.7 Å². The maximum Gasteiger partial charge on any atom is 0.161 e. The molecule has 4 unspecified atom stereocenters. The lowest BCUT2D eigenvalue weighted by Gasteiger charge is -2.29. The molecule has 4 rings (SSSR count). The summed E-state index contributed by atoms with van der Waals surface area (Å²) in [5.41, 5.74) is 3.33. The molecular formula is C28H29F3O. The van der Waals surface area contributed by atoms with E-state index in [0.29, 0.717) is 40.4 Å². The highest BCUT2D eigenvalue weighted by molar-refractivity contribution is 5.75. The minimum atomic E-state index is -1.69. The molecule has 1 heterocycles. The summed E-state index contributed by atoms with van der Waals surface area (Å²) < 4.78 is 49.4. The third-order valence-corrected chi connectivity index (χ3v) is 6.56. The van der Waals surface area contributed by atoms with E-state index in [0.717, 1.165) is 31.2 Å². The maximum atomic E-state index is 15.0. The van der Waals surface area contributed by atoms with Crippen LogP contribution >= 0.6 is 0 Å². The van der Waals surface area contributed by atoms with Crippen molar-refractivity contribution in [1.29, 1.82) is 0 Å². The van der Waals surface area contributed by atoms with Crippen LogP contribution in [-0.2, 0) is 4.74 Å². The van der Waals surface area contributed by atoms with Gasteiger partial charge in [-0.1, -0.05) is 54.6 Å². The van der Waals surface area contributed by atoms with E-state index in [4.69, 9.17) is 4.74 Å². The number of benzene rings is 2. The number of hydrogen-bond donors (Lipinski definition) is 0. The van der Waals surface area contributed by atoms with E-state index in [1.54, 1.807) is 55.5 Å². The van der Waals surface area contributed by atoms with Crippen molar-refractivity contribution in [2.75, 3.05) is 6.61 Å². The van der Waals surface area contributed by atoms with E-state index in [9.17, 15) is 13.2 Å². The predicted octanol–water partition coefficient (Wildman–Crippen LogP) is 7.95. The number of halogens is 3. The van der Waals surface area contributed by atoms with Gasteiger partial charge in [-0.25, -0.2) is 13.2 Å². The molecule has 0 N–H and O–H groups in total. The molecule has 1 nitrogen and oxygen atoms in total. The standard InChI is InChI=1S/C28H29F3O/c1-3-4-5-19-7-15-26(32-17-19)22-12-14-23(25(29)16-22)20-8-10-21(11-9-20)24-13-6-18(2)27(30)28(24)31/h3,6,8-14,16,19,26-28H,1,4-5,7,15,17H2,2H3. The largest absolute Gasteiger partial charge is 0.373 e. The van der Waals surface area contributed by atoms with Crippen molar-refractivity contribution in [3.05, 3.63) is 89.8 Å². The van der Waals surface area contributed by atoms with Crippen LogP contribution < -0.4 is 0 Å². The minimum absolute atomic E-state index is 0.0780. The number of hydrogen-bond acceptors (Lipinski definition) is 1. The molecule has 0 aromatic heterocycles. The van der Waals surface area contributed by atoms with Crippen LogP contribution in [0.5, 0.6) is 0 Å². The van der Waals surface area contributed by atoms with Crippen molar-refractivity contribution >= 4 is 5.57 Å². The fourth-order valence-corrected chi connectivity index (χ4v) is 4.51. The smallest absolute Gasteiger partial charge is 0.161 e. The van der Waals surface area contributed by atoms with Crippen LogP contribution in [0.25, 0.3) is 16.7 Å². The number of alkyl halides is 2. The van der Waals surface area contributed by atoms with Crippen LogP contribution in [0.3, 0.4) is 0 Å². The average molecular weight is 439 g/mol. The van der Waals surface area contributed by atoms with Crippen molar-refractivity contribution in [1.82, 2.24) is 0 Å². The molecular weight excluding hydrogens is 409 g/mol. The summed E-state index contributed by atoms with van der Waals surface area (Å²) in [6.45, 7) is 6.05. The normalized spacial score (nSPS) is 25.8. The molecule has 2 aromatic rings. The molecule has 1 aliphatic heterocycles. The van der Waals surface area contributed by atoms with Gasteiger partial charge in [0.25, 0.3) is 0 Å². The molecule has 2 aromatic carbocycles. The molecule has 32 heavy (non-hydrogen) atoms. The zero-order valence-corrected chi connectivity index (χ0v) is 18.4. The molecule has 4 atom stereocenters. The Morgan fingerprint density at radius 1 is 1.00 bits per heavy atom. The topological polar surface area (TPSA) is 9.23 Å². The average Bonchev–Trinajstić information content (AvgIpc) is 2.82. The number of allylic oxidation sites excluding steroid dienone is 5. The monoisotopic (exact) mass is 438 g/mol. The Kier molecular flexibility index (Phi) is 7.00. The first-order chi connectivity index (χ1) is 15.5. The van der Waals surface area contributed by atoms with Crippen LogP contribution in [0.1, 0.15) is 49.8 Å². The Balaban J connectivity index is 1.46. The van der Waals surface area contributed by atoms with Gasteiger partial charge < -0.3 is 4.74 Å². The summed E-state index contributed by atoms with van der Waals surface area (Å²) in [7, 11) is 0. The zero-order valence-electron chi connectivity index (χ0n) is 18.4. The second-order valence-electron chi connectivity index (χ2n) is 8.78. The van der Waals surface area contributed by atoms with Crippen LogP contribution in [0.15, 0.2) is 72.8 Å². The van der Waals surface area contributed by atoms with E-state index in [1.165, 1.54) is 0 Å². The van der Waals surface area contributed by atoms with Crippen LogP contribution in [-0.4, -0.2) is 19.0 Å². The van der Waals surface area contributed by atoms with E-state index >= 15 is 0 Å². The lowest BCUT2D eigenvalue weighted by Crippen LogP contribution is -2.22. The summed E-state index contributed by atoms with van der Waals surface area (Å²) in [5.74, 6) is 0.234. The maximum absolute atomic E-state index is 15.0. The van der Waals surface area contributed by atoms with Crippen molar-refractivity contribution < 1.29 is 17.9 Å². The summed E-state index contributed by atoms with van der Waals surface area (Å²) in [6, 6.07) is 12.2. The molecule has 0 spiro atoms. The first-order valence-corrected chi connectivity index (χ1v) is 11.3. The lowest BCUT2D eigenvalue weighted by molar-refractivity contribution is -0.0191. The number of ether oxygens (including phenoxy) is 1. The summed E-state index contributed by atoms with van der Waals surface area (Å²) in [6.07, 6.45) is 5.81. The molecule has 0 amide bonds. The molecule has 1 fully saturated rings. The first kappa shape index (κ1) is 22.6. The molecule has 0 radical (unpaired) electrons. The van der Waals surface area contributed by atoms with Gasteiger partial charge in [-0.3, -0.25) is 0 Å². The highest BCUT2D eigenvalue weighted by Gasteiger charge is 2.29. The zero-order chi connectivity index (χ0) is 22.7. The van der Waals surface area contributed by atoms with Gasteiger partial charge in [0, 0.05) is 5.56 Å². The molecule has 1 aliphatic carbocycles. The Morgan fingerprint density at radius 2 is 1.75 bits per heavy atom. The highest BCUT2D eigenvalue weighted by atomic mass is 19.2. The quantitative estimate of drug-likeness (QED) is 0.416. The molecule has 168 valence electrons. The number of rotatable bonds is 6. The molecule has 4 heteroatoms. The van der Waals surface area contributed by atoms with Gasteiger partial charge in [0.05, 0.1) is 12.7 Å². The Labute approximate surface area is 188 Å². The van der Waals surface area contributed by atoms with Crippen molar-refractivity contribution in [3.63, 3.8) is 0 Å².